The summed E-state index contributed by atoms with van der Waals surface area (Å²) in [5.41, 5.74) is 2.21. The normalized spacial score (nSPS) is 10.6. The van der Waals surface area contributed by atoms with Gasteiger partial charge in [-0.1, -0.05) is 30.3 Å². The fourth-order valence-corrected chi connectivity index (χ4v) is 3.17. The lowest BCUT2D eigenvalue weighted by molar-refractivity contribution is 0.103. The summed E-state index contributed by atoms with van der Waals surface area (Å²) in [5, 5.41) is 0.730. The zero-order valence-electron chi connectivity index (χ0n) is 16.9. The van der Waals surface area contributed by atoms with Gasteiger partial charge < -0.3 is 14.2 Å². The van der Waals surface area contributed by atoms with Crippen LogP contribution < -0.4 is 14.2 Å². The summed E-state index contributed by atoms with van der Waals surface area (Å²) in [6.07, 6.45) is 1.64. The molecular weight excluding hydrogens is 380 g/mol. The molecule has 0 N–H and O–H groups in total. The highest BCUT2D eigenvalue weighted by molar-refractivity contribution is 6.09. The number of hydrogen-bond acceptors (Lipinski definition) is 6. The van der Waals surface area contributed by atoms with Crippen LogP contribution in [-0.4, -0.2) is 30.0 Å². The SMILES string of the molecule is COc1cc2nccc(Oc3ccc(C)nc3C(=O)c3ccccc3)c2cc1OC. The average Bonchev–Trinajstić information content (AvgIpc) is 2.79. The summed E-state index contributed by atoms with van der Waals surface area (Å²) in [6, 6.07) is 17.9. The van der Waals surface area contributed by atoms with Gasteiger partial charge in [0.2, 0.25) is 5.78 Å². The summed E-state index contributed by atoms with van der Waals surface area (Å²) in [4.78, 5) is 21.9. The average molecular weight is 400 g/mol. The molecule has 0 radical (unpaired) electrons. The molecule has 0 unspecified atom stereocenters. The molecule has 0 saturated carbocycles. The van der Waals surface area contributed by atoms with Gasteiger partial charge in [0.15, 0.2) is 22.9 Å². The summed E-state index contributed by atoms with van der Waals surface area (Å²) in [6.45, 7) is 1.84. The maximum atomic E-state index is 13.1. The highest BCUT2D eigenvalue weighted by Gasteiger charge is 2.19. The molecule has 2 aromatic carbocycles. The van der Waals surface area contributed by atoms with E-state index in [1.54, 1.807) is 56.8 Å². The molecule has 0 spiro atoms. The van der Waals surface area contributed by atoms with Gasteiger partial charge in [-0.15, -0.1) is 0 Å². The first-order chi connectivity index (χ1) is 14.6. The van der Waals surface area contributed by atoms with E-state index in [9.17, 15) is 4.79 Å². The maximum Gasteiger partial charge on any atom is 0.215 e. The number of ketones is 1. The van der Waals surface area contributed by atoms with Crippen molar-refractivity contribution in [3.05, 3.63) is 83.8 Å². The smallest absolute Gasteiger partial charge is 0.215 e. The van der Waals surface area contributed by atoms with E-state index in [0.29, 0.717) is 34.1 Å². The van der Waals surface area contributed by atoms with Gasteiger partial charge in [0.25, 0.3) is 0 Å². The summed E-state index contributed by atoms with van der Waals surface area (Å²) in [7, 11) is 3.14. The van der Waals surface area contributed by atoms with Crippen molar-refractivity contribution in [1.82, 2.24) is 9.97 Å². The number of rotatable bonds is 6. The molecule has 0 aliphatic rings. The second kappa shape index (κ2) is 8.21. The zero-order chi connectivity index (χ0) is 21.1. The van der Waals surface area contributed by atoms with Crippen LogP contribution in [0, 0.1) is 6.92 Å². The molecule has 4 aromatic rings. The third-order valence-corrected chi connectivity index (χ3v) is 4.68. The third kappa shape index (κ3) is 3.67. The van der Waals surface area contributed by atoms with Crippen LogP contribution in [0.2, 0.25) is 0 Å². The standard InChI is InChI=1S/C24H20N2O4/c1-15-9-10-20(23(26-15)24(27)16-7-5-4-6-8-16)30-19-11-12-25-18-14-22(29-3)21(28-2)13-17(18)19/h4-14H,1-3H3. The van der Waals surface area contributed by atoms with E-state index in [1.807, 2.05) is 31.2 Å². The van der Waals surface area contributed by atoms with E-state index < -0.39 is 0 Å². The molecule has 0 atom stereocenters. The van der Waals surface area contributed by atoms with Crippen molar-refractivity contribution < 1.29 is 19.0 Å². The van der Waals surface area contributed by atoms with Crippen LogP contribution in [0.1, 0.15) is 21.7 Å². The van der Waals surface area contributed by atoms with Crippen molar-refractivity contribution in [3.8, 4) is 23.0 Å². The Morgan fingerprint density at radius 3 is 2.30 bits per heavy atom. The number of benzene rings is 2. The van der Waals surface area contributed by atoms with Crippen molar-refractivity contribution in [2.75, 3.05) is 14.2 Å². The minimum Gasteiger partial charge on any atom is -0.493 e. The first-order valence-electron chi connectivity index (χ1n) is 9.36. The van der Waals surface area contributed by atoms with E-state index in [2.05, 4.69) is 9.97 Å². The number of fused-ring (bicyclic) bond motifs is 1. The van der Waals surface area contributed by atoms with Crippen LogP contribution in [0.5, 0.6) is 23.0 Å². The zero-order valence-corrected chi connectivity index (χ0v) is 16.9. The maximum absolute atomic E-state index is 13.1. The van der Waals surface area contributed by atoms with Crippen LogP contribution in [0.25, 0.3) is 10.9 Å². The minimum atomic E-state index is -0.202. The van der Waals surface area contributed by atoms with Gasteiger partial charge in [-0.05, 0) is 31.2 Å². The molecule has 0 fully saturated rings. The molecule has 0 amide bonds. The van der Waals surface area contributed by atoms with Gasteiger partial charge in [-0.2, -0.15) is 0 Å². The Hall–Kier alpha value is -3.93. The van der Waals surface area contributed by atoms with Crippen LogP contribution in [0.15, 0.2) is 66.9 Å². The van der Waals surface area contributed by atoms with Crippen LogP contribution >= 0.6 is 0 Å². The number of aromatic nitrogens is 2. The fourth-order valence-electron chi connectivity index (χ4n) is 3.17. The largest absolute Gasteiger partial charge is 0.493 e. The number of pyridine rings is 2. The number of nitrogens with zero attached hydrogens (tertiary/aromatic N) is 2. The molecule has 2 heterocycles. The van der Waals surface area contributed by atoms with E-state index in [4.69, 9.17) is 14.2 Å². The van der Waals surface area contributed by atoms with E-state index in [0.717, 1.165) is 11.1 Å². The predicted octanol–water partition coefficient (Wildman–Crippen LogP) is 4.98. The van der Waals surface area contributed by atoms with Crippen LogP contribution in [0.4, 0.5) is 0 Å². The molecule has 0 aliphatic carbocycles. The molecule has 4 rings (SSSR count). The van der Waals surface area contributed by atoms with Gasteiger partial charge in [-0.3, -0.25) is 9.78 Å². The molecule has 150 valence electrons. The lowest BCUT2D eigenvalue weighted by Gasteiger charge is -2.14. The van der Waals surface area contributed by atoms with E-state index >= 15 is 0 Å². The molecule has 0 saturated heterocycles. The van der Waals surface area contributed by atoms with Gasteiger partial charge in [-0.25, -0.2) is 4.98 Å². The van der Waals surface area contributed by atoms with Crippen molar-refractivity contribution in [1.29, 1.82) is 0 Å². The van der Waals surface area contributed by atoms with Crippen molar-refractivity contribution in [3.63, 3.8) is 0 Å². The third-order valence-electron chi connectivity index (χ3n) is 4.68. The first kappa shape index (κ1) is 19.4. The monoisotopic (exact) mass is 400 g/mol. The Bertz CT molecular complexity index is 1220. The Morgan fingerprint density at radius 1 is 0.833 bits per heavy atom. The Labute approximate surface area is 174 Å². The molecular formula is C24H20N2O4. The van der Waals surface area contributed by atoms with Crippen molar-refractivity contribution in [2.45, 2.75) is 6.92 Å². The molecule has 30 heavy (non-hydrogen) atoms. The Morgan fingerprint density at radius 2 is 1.57 bits per heavy atom. The summed E-state index contributed by atoms with van der Waals surface area (Å²) >= 11 is 0. The first-order valence-corrected chi connectivity index (χ1v) is 9.36. The molecule has 0 aliphatic heterocycles. The minimum absolute atomic E-state index is 0.202. The second-order valence-electron chi connectivity index (χ2n) is 6.63. The Kier molecular flexibility index (Phi) is 5.30. The lowest BCUT2D eigenvalue weighted by Crippen LogP contribution is -2.07. The number of carbonyl (C=O) groups excluding carboxylic acids is 1. The molecule has 6 heteroatoms. The van der Waals surface area contributed by atoms with E-state index in [-0.39, 0.29) is 11.5 Å². The second-order valence-corrected chi connectivity index (χ2v) is 6.63. The van der Waals surface area contributed by atoms with Gasteiger partial charge in [0.1, 0.15) is 5.75 Å². The fraction of sp³-hybridized carbons (Fsp3) is 0.125. The van der Waals surface area contributed by atoms with E-state index in [1.165, 1.54) is 0 Å². The van der Waals surface area contributed by atoms with Crippen LogP contribution in [0.3, 0.4) is 0 Å². The van der Waals surface area contributed by atoms with Gasteiger partial charge in [0.05, 0.1) is 19.7 Å². The topological polar surface area (TPSA) is 70.5 Å². The van der Waals surface area contributed by atoms with Gasteiger partial charge in [0, 0.05) is 28.9 Å². The molecule has 6 nitrogen and oxygen atoms in total. The van der Waals surface area contributed by atoms with Crippen LogP contribution in [-0.2, 0) is 0 Å². The highest BCUT2D eigenvalue weighted by atomic mass is 16.5. The Balaban J connectivity index is 1.80. The number of aryl methyl sites for hydroxylation is 1. The van der Waals surface area contributed by atoms with Gasteiger partial charge >= 0.3 is 0 Å². The number of ether oxygens (including phenoxy) is 3. The lowest BCUT2D eigenvalue weighted by atomic mass is 10.1. The summed E-state index contributed by atoms with van der Waals surface area (Å²) in [5.74, 6) is 1.84. The highest BCUT2D eigenvalue weighted by Crippen LogP contribution is 2.37. The van der Waals surface area contributed by atoms with Crippen molar-refractivity contribution >= 4 is 16.7 Å². The number of hydrogen-bond donors (Lipinski definition) is 0. The van der Waals surface area contributed by atoms with Crippen molar-refractivity contribution in [2.24, 2.45) is 0 Å². The molecule has 0 bridgehead atoms. The summed E-state index contributed by atoms with van der Waals surface area (Å²) < 4.78 is 16.9. The number of methoxy groups -OCH3 is 2. The number of carbonyl (C=O) groups is 1. The molecule has 2 aromatic heterocycles. The predicted molar refractivity (Wildman–Crippen MR) is 114 cm³/mol. The quantitative estimate of drug-likeness (QED) is 0.425.